The fourth-order valence-electron chi connectivity index (χ4n) is 1.88. The number of nitrogens with zero attached hydrogens (tertiary/aromatic N) is 1. The molecule has 0 bridgehead atoms. The van der Waals surface area contributed by atoms with E-state index in [-0.39, 0.29) is 28.1 Å². The molecule has 20 heavy (non-hydrogen) atoms. The summed E-state index contributed by atoms with van der Waals surface area (Å²) in [6.45, 7) is 5.00. The van der Waals surface area contributed by atoms with Crippen LogP contribution >= 0.6 is 15.9 Å². The van der Waals surface area contributed by atoms with Crippen LogP contribution in [0.1, 0.15) is 31.1 Å². The third-order valence-corrected chi connectivity index (χ3v) is 3.72. The van der Waals surface area contributed by atoms with E-state index in [1.54, 1.807) is 20.8 Å². The Morgan fingerprint density at radius 3 is 2.45 bits per heavy atom. The Hall–Kier alpha value is -1.56. The second kappa shape index (κ2) is 4.77. The molecule has 1 aliphatic heterocycles. The van der Waals surface area contributed by atoms with E-state index in [0.29, 0.717) is 0 Å². The first-order valence-electron chi connectivity index (χ1n) is 6.01. The van der Waals surface area contributed by atoms with Crippen molar-refractivity contribution in [3.05, 3.63) is 28.0 Å². The molecule has 1 amide bonds. The summed E-state index contributed by atoms with van der Waals surface area (Å²) in [7, 11) is 0. The van der Waals surface area contributed by atoms with E-state index in [9.17, 15) is 18.8 Å². The van der Waals surface area contributed by atoms with Gasteiger partial charge in [-0.1, -0.05) is 20.8 Å². The van der Waals surface area contributed by atoms with Gasteiger partial charge in [0.15, 0.2) is 5.78 Å². The maximum atomic E-state index is 13.3. The van der Waals surface area contributed by atoms with Crippen LogP contribution in [0.2, 0.25) is 0 Å². The first kappa shape index (κ1) is 14.8. The van der Waals surface area contributed by atoms with Crippen molar-refractivity contribution in [2.45, 2.75) is 20.8 Å². The van der Waals surface area contributed by atoms with Crippen LogP contribution < -0.4 is 4.90 Å². The molecule has 0 saturated carbocycles. The molecule has 1 heterocycles. The van der Waals surface area contributed by atoms with E-state index in [4.69, 9.17) is 0 Å². The van der Waals surface area contributed by atoms with Crippen molar-refractivity contribution in [2.24, 2.45) is 5.41 Å². The van der Waals surface area contributed by atoms with Crippen LogP contribution in [0, 0.1) is 11.2 Å². The lowest BCUT2D eigenvalue weighted by Crippen LogP contribution is -2.39. The van der Waals surface area contributed by atoms with Crippen molar-refractivity contribution in [1.82, 2.24) is 0 Å². The van der Waals surface area contributed by atoms with Gasteiger partial charge in [-0.05, 0) is 28.1 Å². The van der Waals surface area contributed by atoms with Crippen LogP contribution in [-0.4, -0.2) is 24.0 Å². The van der Waals surface area contributed by atoms with E-state index in [2.05, 4.69) is 15.9 Å². The molecule has 0 aromatic heterocycles. The Morgan fingerprint density at radius 2 is 1.90 bits per heavy atom. The van der Waals surface area contributed by atoms with Crippen molar-refractivity contribution >= 4 is 39.1 Å². The number of carbonyl (C=O) groups excluding carboxylic acids is 3. The van der Waals surface area contributed by atoms with Gasteiger partial charge in [-0.2, -0.15) is 0 Å². The van der Waals surface area contributed by atoms with Crippen molar-refractivity contribution in [1.29, 1.82) is 0 Å². The van der Waals surface area contributed by atoms with Crippen LogP contribution in [0.3, 0.4) is 0 Å². The third kappa shape index (κ3) is 2.40. The van der Waals surface area contributed by atoms with Gasteiger partial charge in [-0.15, -0.1) is 0 Å². The number of ketones is 2. The molecule has 0 spiro atoms. The zero-order valence-corrected chi connectivity index (χ0v) is 12.9. The molecule has 1 aliphatic rings. The van der Waals surface area contributed by atoms with Gasteiger partial charge in [0.2, 0.25) is 0 Å². The minimum atomic E-state index is -0.802. The van der Waals surface area contributed by atoms with E-state index in [1.807, 2.05) is 0 Å². The van der Waals surface area contributed by atoms with Crippen molar-refractivity contribution < 1.29 is 18.8 Å². The highest BCUT2D eigenvalue weighted by Crippen LogP contribution is 2.37. The number of hydrogen-bond donors (Lipinski definition) is 0. The first-order valence-corrected chi connectivity index (χ1v) is 6.81. The van der Waals surface area contributed by atoms with Crippen LogP contribution in [0.25, 0.3) is 0 Å². The number of benzene rings is 1. The second-order valence-electron chi connectivity index (χ2n) is 5.68. The molecule has 0 N–H and O–H groups in total. The Labute approximate surface area is 124 Å². The summed E-state index contributed by atoms with van der Waals surface area (Å²) in [4.78, 5) is 37.0. The van der Waals surface area contributed by atoms with E-state index in [1.165, 1.54) is 6.07 Å². The predicted molar refractivity (Wildman–Crippen MR) is 75.2 cm³/mol. The number of hydrogen-bond acceptors (Lipinski definition) is 3. The quantitative estimate of drug-likeness (QED) is 0.777. The molecule has 0 atom stereocenters. The number of Topliss-reactive ketones (excluding diaryl/α,β-unsaturated/α-hetero) is 2. The monoisotopic (exact) mass is 341 g/mol. The molecule has 0 aliphatic carbocycles. The van der Waals surface area contributed by atoms with E-state index in [0.717, 1.165) is 11.0 Å². The normalized spacial score (nSPS) is 14.8. The van der Waals surface area contributed by atoms with Gasteiger partial charge in [0.05, 0.1) is 17.8 Å². The Bertz CT molecular complexity index is 634. The van der Waals surface area contributed by atoms with Crippen LogP contribution in [-0.2, 0) is 9.59 Å². The third-order valence-electron chi connectivity index (χ3n) is 3.12. The van der Waals surface area contributed by atoms with Crippen molar-refractivity contribution in [3.8, 4) is 0 Å². The van der Waals surface area contributed by atoms with Gasteiger partial charge in [-0.3, -0.25) is 19.3 Å². The van der Waals surface area contributed by atoms with Gasteiger partial charge in [0.1, 0.15) is 5.82 Å². The van der Waals surface area contributed by atoms with E-state index < -0.39 is 22.9 Å². The van der Waals surface area contributed by atoms with Crippen LogP contribution in [0.15, 0.2) is 16.6 Å². The van der Waals surface area contributed by atoms with Crippen LogP contribution in [0.5, 0.6) is 0 Å². The highest BCUT2D eigenvalue weighted by Gasteiger charge is 2.40. The molecule has 2 rings (SSSR count). The highest BCUT2D eigenvalue weighted by atomic mass is 79.9. The lowest BCUT2D eigenvalue weighted by Gasteiger charge is -2.22. The minimum absolute atomic E-state index is 0.0106. The topological polar surface area (TPSA) is 54.5 Å². The lowest BCUT2D eigenvalue weighted by molar-refractivity contribution is -0.126. The summed E-state index contributed by atoms with van der Waals surface area (Å²) in [5, 5.41) is 0. The van der Waals surface area contributed by atoms with Crippen LogP contribution in [0.4, 0.5) is 10.1 Å². The number of rotatable bonds is 2. The zero-order valence-electron chi connectivity index (χ0n) is 11.3. The van der Waals surface area contributed by atoms with Gasteiger partial charge < -0.3 is 0 Å². The molecule has 0 unspecified atom stereocenters. The molecule has 4 nitrogen and oxygen atoms in total. The largest absolute Gasteiger partial charge is 0.299 e. The summed E-state index contributed by atoms with van der Waals surface area (Å²) < 4.78 is 13.6. The molecule has 6 heteroatoms. The average Bonchev–Trinajstić information content (AvgIpc) is 2.53. The number of fused-ring (bicyclic) bond motifs is 1. The Balaban J connectivity index is 2.46. The smallest absolute Gasteiger partial charge is 0.297 e. The number of anilines is 1. The summed E-state index contributed by atoms with van der Waals surface area (Å²) >= 11 is 3.14. The molecule has 0 radical (unpaired) electrons. The molecule has 0 saturated heterocycles. The summed E-state index contributed by atoms with van der Waals surface area (Å²) in [6.07, 6.45) is 0. The zero-order chi connectivity index (χ0) is 15.2. The fraction of sp³-hybridized carbons (Fsp3) is 0.357. The molecule has 0 fully saturated rings. The number of carbonyl (C=O) groups is 3. The fourth-order valence-corrected chi connectivity index (χ4v) is 2.53. The Morgan fingerprint density at radius 1 is 1.30 bits per heavy atom. The SMILES string of the molecule is CC(C)(C)C(=O)CN1C(=O)C(=O)c2cc(F)cc(Br)c21. The minimum Gasteiger partial charge on any atom is -0.297 e. The summed E-state index contributed by atoms with van der Waals surface area (Å²) in [5.74, 6) is -2.38. The average molecular weight is 342 g/mol. The summed E-state index contributed by atoms with van der Waals surface area (Å²) in [5.41, 5.74) is -0.374. The maximum absolute atomic E-state index is 13.3. The van der Waals surface area contributed by atoms with E-state index >= 15 is 0 Å². The van der Waals surface area contributed by atoms with Crippen molar-refractivity contribution in [2.75, 3.05) is 11.4 Å². The number of amides is 1. The molecule has 1 aromatic carbocycles. The molecule has 106 valence electrons. The number of halogens is 2. The van der Waals surface area contributed by atoms with Crippen molar-refractivity contribution in [3.63, 3.8) is 0 Å². The Kier molecular flexibility index (Phi) is 3.54. The highest BCUT2D eigenvalue weighted by molar-refractivity contribution is 9.10. The van der Waals surface area contributed by atoms with Gasteiger partial charge in [0, 0.05) is 9.89 Å². The van der Waals surface area contributed by atoms with Gasteiger partial charge >= 0.3 is 0 Å². The van der Waals surface area contributed by atoms with Gasteiger partial charge in [-0.25, -0.2) is 4.39 Å². The standard InChI is InChI=1S/C14H13BrFNO3/c1-14(2,3)10(18)6-17-11-8(12(19)13(17)20)4-7(16)5-9(11)15/h4-5H,6H2,1-3H3. The maximum Gasteiger partial charge on any atom is 0.299 e. The predicted octanol–water partition coefficient (Wildman–Crippen LogP) is 2.73. The molecular weight excluding hydrogens is 329 g/mol. The lowest BCUT2D eigenvalue weighted by atomic mass is 9.90. The second-order valence-corrected chi connectivity index (χ2v) is 6.53. The molecular formula is C14H13BrFNO3. The van der Waals surface area contributed by atoms with Gasteiger partial charge in [0.25, 0.3) is 11.7 Å². The first-order chi connectivity index (χ1) is 9.12. The molecule has 1 aromatic rings. The summed E-state index contributed by atoms with van der Waals surface area (Å²) in [6, 6.07) is 2.18.